The van der Waals surface area contributed by atoms with Crippen molar-refractivity contribution in [3.05, 3.63) is 63.6 Å². The van der Waals surface area contributed by atoms with E-state index in [0.29, 0.717) is 26.9 Å². The van der Waals surface area contributed by atoms with Gasteiger partial charge in [0.15, 0.2) is 6.10 Å². The van der Waals surface area contributed by atoms with Crippen LogP contribution < -0.4 is 5.32 Å². The normalized spacial score (nSPS) is 11.3. The molecule has 0 spiro atoms. The van der Waals surface area contributed by atoms with E-state index in [9.17, 15) is 9.59 Å². The molecule has 0 aliphatic rings. The van der Waals surface area contributed by atoms with Gasteiger partial charge in [-0.25, -0.2) is 0 Å². The fraction of sp³-hybridized carbons (Fsp3) is 0.167. The first-order chi connectivity index (χ1) is 11.9. The summed E-state index contributed by atoms with van der Waals surface area (Å²) in [5.41, 5.74) is 1.31. The molecule has 1 amide bonds. The average Bonchev–Trinajstić information content (AvgIpc) is 2.58. The third-order valence-electron chi connectivity index (χ3n) is 3.32. The Balaban J connectivity index is 1.96. The summed E-state index contributed by atoms with van der Waals surface area (Å²) in [7, 11) is 0. The Labute approximate surface area is 155 Å². The largest absolute Gasteiger partial charge is 0.452 e. The van der Waals surface area contributed by atoms with Gasteiger partial charge in [-0.2, -0.15) is 5.26 Å². The highest BCUT2D eigenvalue weighted by atomic mass is 35.5. The highest BCUT2D eigenvalue weighted by molar-refractivity contribution is 6.36. The van der Waals surface area contributed by atoms with Crippen LogP contribution >= 0.6 is 23.2 Å². The Bertz CT molecular complexity index is 826. The molecule has 2 aromatic carbocycles. The first-order valence-corrected chi connectivity index (χ1v) is 8.09. The second-order valence-electron chi connectivity index (χ2n) is 5.19. The van der Waals surface area contributed by atoms with Gasteiger partial charge in [0, 0.05) is 21.3 Å². The topological polar surface area (TPSA) is 79.2 Å². The summed E-state index contributed by atoms with van der Waals surface area (Å²) in [6.45, 7) is 1.45. The van der Waals surface area contributed by atoms with Crippen molar-refractivity contribution in [3.8, 4) is 6.07 Å². The predicted octanol–water partition coefficient (Wildman–Crippen LogP) is 3.98. The molecule has 2 rings (SSSR count). The molecule has 5 nitrogen and oxygen atoms in total. The molecule has 1 N–H and O–H groups in total. The number of carbonyl (C=O) groups is 2. The van der Waals surface area contributed by atoms with Crippen LogP contribution in [0.2, 0.25) is 10.0 Å². The summed E-state index contributed by atoms with van der Waals surface area (Å²) in [4.78, 5) is 24.1. The van der Waals surface area contributed by atoms with E-state index in [-0.39, 0.29) is 6.42 Å². The number of nitrogens with one attached hydrogen (secondary N) is 1. The van der Waals surface area contributed by atoms with Gasteiger partial charge in [-0.15, -0.1) is 0 Å². The quantitative estimate of drug-likeness (QED) is 0.800. The van der Waals surface area contributed by atoms with E-state index in [1.807, 2.05) is 6.07 Å². The van der Waals surface area contributed by atoms with Crippen LogP contribution in [0.4, 0.5) is 5.69 Å². The fourth-order valence-electron chi connectivity index (χ4n) is 2.05. The number of rotatable bonds is 5. The Morgan fingerprint density at radius 3 is 2.48 bits per heavy atom. The van der Waals surface area contributed by atoms with E-state index in [0.717, 1.165) is 0 Å². The molecule has 0 unspecified atom stereocenters. The van der Waals surface area contributed by atoms with Crippen molar-refractivity contribution in [2.75, 3.05) is 5.32 Å². The number of esters is 1. The standard InChI is InChI=1S/C18H14Cl2N2O3/c1-11(18(24)22-13-5-2-4-12(8-13)10-21)25-17(23)9-14-15(19)6-3-7-16(14)20/h2-8,11H,9H2,1H3,(H,22,24)/t11-/m1/s1. The molecule has 0 fully saturated rings. The molecule has 0 bridgehead atoms. The van der Waals surface area contributed by atoms with Gasteiger partial charge in [-0.3, -0.25) is 9.59 Å². The zero-order valence-electron chi connectivity index (χ0n) is 13.3. The van der Waals surface area contributed by atoms with Crippen LogP contribution in [0.25, 0.3) is 0 Å². The molecule has 0 heterocycles. The number of hydrogen-bond donors (Lipinski definition) is 1. The van der Waals surface area contributed by atoms with E-state index in [1.54, 1.807) is 36.4 Å². The molecule has 0 saturated carbocycles. The van der Waals surface area contributed by atoms with Crippen LogP contribution in [0, 0.1) is 11.3 Å². The molecule has 1 atom stereocenters. The molecule has 0 saturated heterocycles. The number of carbonyl (C=O) groups excluding carboxylic acids is 2. The number of amides is 1. The van der Waals surface area contributed by atoms with Gasteiger partial charge in [-0.05, 0) is 37.3 Å². The van der Waals surface area contributed by atoms with Crippen LogP contribution in [-0.2, 0) is 20.7 Å². The second kappa shape index (κ2) is 8.52. The third-order valence-corrected chi connectivity index (χ3v) is 4.03. The zero-order valence-corrected chi connectivity index (χ0v) is 14.8. The molecule has 0 radical (unpaired) electrons. The highest BCUT2D eigenvalue weighted by Gasteiger charge is 2.20. The molecular weight excluding hydrogens is 363 g/mol. The van der Waals surface area contributed by atoms with E-state index in [2.05, 4.69) is 5.32 Å². The molecular formula is C18H14Cl2N2O3. The number of ether oxygens (including phenoxy) is 1. The summed E-state index contributed by atoms with van der Waals surface area (Å²) in [5, 5.41) is 12.2. The van der Waals surface area contributed by atoms with Crippen LogP contribution in [0.1, 0.15) is 18.1 Å². The predicted molar refractivity (Wildman–Crippen MR) is 95.5 cm³/mol. The van der Waals surface area contributed by atoms with Crippen LogP contribution in [0.5, 0.6) is 0 Å². The van der Waals surface area contributed by atoms with Gasteiger partial charge < -0.3 is 10.1 Å². The van der Waals surface area contributed by atoms with Crippen molar-refractivity contribution in [1.82, 2.24) is 0 Å². The summed E-state index contributed by atoms with van der Waals surface area (Å²) < 4.78 is 5.12. The van der Waals surface area contributed by atoms with Crippen molar-refractivity contribution < 1.29 is 14.3 Å². The lowest BCUT2D eigenvalue weighted by Crippen LogP contribution is -2.30. The average molecular weight is 377 g/mol. The first kappa shape index (κ1) is 18.8. The van der Waals surface area contributed by atoms with Gasteiger partial charge in [0.25, 0.3) is 5.91 Å². The van der Waals surface area contributed by atoms with E-state index < -0.39 is 18.0 Å². The lowest BCUT2D eigenvalue weighted by molar-refractivity contribution is -0.152. The molecule has 0 aliphatic heterocycles. The maximum absolute atomic E-state index is 12.1. The van der Waals surface area contributed by atoms with Gasteiger partial charge in [-0.1, -0.05) is 35.3 Å². The van der Waals surface area contributed by atoms with Crippen molar-refractivity contribution in [3.63, 3.8) is 0 Å². The minimum Gasteiger partial charge on any atom is -0.452 e. The number of hydrogen-bond acceptors (Lipinski definition) is 4. The minimum absolute atomic E-state index is 0.139. The van der Waals surface area contributed by atoms with E-state index in [1.165, 1.54) is 13.0 Å². The van der Waals surface area contributed by atoms with E-state index >= 15 is 0 Å². The van der Waals surface area contributed by atoms with Crippen LogP contribution in [0.15, 0.2) is 42.5 Å². The van der Waals surface area contributed by atoms with E-state index in [4.69, 9.17) is 33.2 Å². The molecule has 128 valence electrons. The summed E-state index contributed by atoms with van der Waals surface area (Å²) in [5.74, 6) is -1.13. The smallest absolute Gasteiger partial charge is 0.311 e. The minimum atomic E-state index is -1.01. The molecule has 0 aliphatic carbocycles. The van der Waals surface area contributed by atoms with Crippen molar-refractivity contribution in [2.45, 2.75) is 19.4 Å². The Morgan fingerprint density at radius 2 is 1.84 bits per heavy atom. The maximum atomic E-state index is 12.1. The highest BCUT2D eigenvalue weighted by Crippen LogP contribution is 2.25. The summed E-state index contributed by atoms with van der Waals surface area (Å²) in [6, 6.07) is 13.3. The lowest BCUT2D eigenvalue weighted by Gasteiger charge is -2.14. The monoisotopic (exact) mass is 376 g/mol. The Hall–Kier alpha value is -2.55. The number of benzene rings is 2. The molecule has 2 aromatic rings. The van der Waals surface area contributed by atoms with Crippen molar-refractivity contribution in [2.24, 2.45) is 0 Å². The SMILES string of the molecule is C[C@@H](OC(=O)Cc1c(Cl)cccc1Cl)C(=O)Nc1cccc(C#N)c1. The third kappa shape index (κ3) is 5.21. The second-order valence-corrected chi connectivity index (χ2v) is 6.01. The fourth-order valence-corrected chi connectivity index (χ4v) is 2.58. The van der Waals surface area contributed by atoms with Crippen molar-refractivity contribution in [1.29, 1.82) is 5.26 Å². The van der Waals surface area contributed by atoms with Gasteiger partial charge in [0.05, 0.1) is 18.1 Å². The molecule has 0 aromatic heterocycles. The molecule has 25 heavy (non-hydrogen) atoms. The summed E-state index contributed by atoms with van der Waals surface area (Å²) in [6.07, 6.45) is -1.15. The van der Waals surface area contributed by atoms with Crippen LogP contribution in [-0.4, -0.2) is 18.0 Å². The van der Waals surface area contributed by atoms with Gasteiger partial charge in [0.1, 0.15) is 0 Å². The first-order valence-electron chi connectivity index (χ1n) is 7.34. The molecule has 7 heteroatoms. The van der Waals surface area contributed by atoms with Crippen LogP contribution in [0.3, 0.4) is 0 Å². The number of anilines is 1. The van der Waals surface area contributed by atoms with Crippen molar-refractivity contribution >= 4 is 40.8 Å². The number of nitrogens with zero attached hydrogens (tertiary/aromatic N) is 1. The Kier molecular flexibility index (Phi) is 6.40. The Morgan fingerprint density at radius 1 is 1.20 bits per heavy atom. The zero-order chi connectivity index (χ0) is 18.4. The van der Waals surface area contributed by atoms with Gasteiger partial charge in [0.2, 0.25) is 0 Å². The number of nitriles is 1. The number of halogens is 2. The van der Waals surface area contributed by atoms with Gasteiger partial charge >= 0.3 is 5.97 Å². The lowest BCUT2D eigenvalue weighted by atomic mass is 10.1. The maximum Gasteiger partial charge on any atom is 0.311 e. The summed E-state index contributed by atoms with van der Waals surface area (Å²) >= 11 is 12.0.